The van der Waals surface area contributed by atoms with Crippen LogP contribution in [0, 0.1) is 0 Å². The van der Waals surface area contributed by atoms with Gasteiger partial charge in [-0.1, -0.05) is 46.4 Å². The molecule has 0 rings (SSSR count). The Morgan fingerprint density at radius 3 is 2.00 bits per heavy atom. The molecule has 9 heavy (non-hydrogen) atoms. The highest BCUT2D eigenvalue weighted by Gasteiger charge is 2.21. The lowest BCUT2D eigenvalue weighted by atomic mass is 10.5. The second-order valence-corrected chi connectivity index (χ2v) is 4.27. The lowest BCUT2D eigenvalue weighted by Crippen LogP contribution is -2.00. The molecule has 0 aliphatic rings. The maximum Gasteiger partial charge on any atom is 0.196 e. The third-order valence-corrected chi connectivity index (χ3v) is 1.08. The van der Waals surface area contributed by atoms with E-state index in [4.69, 9.17) is 46.4 Å². The van der Waals surface area contributed by atoms with Crippen LogP contribution in [0.25, 0.3) is 0 Å². The quantitative estimate of drug-likeness (QED) is 0.478. The van der Waals surface area contributed by atoms with Gasteiger partial charge in [-0.25, -0.2) is 4.79 Å². The van der Waals surface area contributed by atoms with Crippen LogP contribution in [0.5, 0.6) is 0 Å². The molecule has 0 radical (unpaired) electrons. The molecule has 0 aromatic carbocycles. The molecule has 5 heteroatoms. The van der Waals surface area contributed by atoms with E-state index in [1.807, 2.05) is 0 Å². The third-order valence-electron chi connectivity index (χ3n) is 0.466. The predicted molar refractivity (Wildman–Crippen MR) is 40.0 cm³/mol. The minimum absolute atomic E-state index is 0.0945. The van der Waals surface area contributed by atoms with Crippen LogP contribution >= 0.6 is 46.4 Å². The van der Waals surface area contributed by atoms with E-state index >= 15 is 0 Å². The summed E-state index contributed by atoms with van der Waals surface area (Å²) in [5, 5.41) is -0.116. The molecular formula is C4H2Cl4O. The van der Waals surface area contributed by atoms with E-state index in [0.29, 0.717) is 0 Å². The fourth-order valence-electron chi connectivity index (χ4n) is 0.212. The molecule has 0 heterocycles. The average Bonchev–Trinajstić information content (AvgIpc) is 1.62. The molecular weight excluding hydrogens is 206 g/mol. The van der Waals surface area contributed by atoms with Crippen molar-refractivity contribution in [3.63, 3.8) is 0 Å². The normalized spacial score (nSPS) is 10.7. The Morgan fingerprint density at radius 2 is 1.89 bits per heavy atom. The monoisotopic (exact) mass is 206 g/mol. The van der Waals surface area contributed by atoms with Crippen LogP contribution in [-0.2, 0) is 4.79 Å². The van der Waals surface area contributed by atoms with Crippen molar-refractivity contribution >= 4 is 52.3 Å². The molecule has 0 aliphatic heterocycles. The zero-order valence-corrected chi connectivity index (χ0v) is 7.15. The third kappa shape index (κ3) is 6.50. The van der Waals surface area contributed by atoms with Crippen molar-refractivity contribution in [2.24, 2.45) is 0 Å². The minimum Gasteiger partial charge on any atom is -0.232 e. The van der Waals surface area contributed by atoms with Gasteiger partial charge in [0.05, 0.1) is 0 Å². The van der Waals surface area contributed by atoms with Crippen LogP contribution in [0.4, 0.5) is 0 Å². The van der Waals surface area contributed by atoms with Gasteiger partial charge in [-0.05, 0) is 0 Å². The van der Waals surface area contributed by atoms with Gasteiger partial charge < -0.3 is 0 Å². The molecule has 0 amide bonds. The Balaban J connectivity index is 3.89. The number of allylic oxidation sites excluding steroid dienone is 1. The van der Waals surface area contributed by atoms with Crippen molar-refractivity contribution in [3.05, 3.63) is 5.03 Å². The Hall–Kier alpha value is 0.610. The van der Waals surface area contributed by atoms with Crippen LogP contribution < -0.4 is 0 Å². The molecule has 0 N–H and O–H groups in total. The number of carbonyl (C=O) groups excluding carboxylic acids is 1. The molecule has 0 saturated heterocycles. The zero-order chi connectivity index (χ0) is 7.49. The molecule has 0 aliphatic carbocycles. The standard InChI is InChI=1S/C4H2Cl4O/c5-3(2-9)1-4(6,7)8/h1H2. The maximum absolute atomic E-state index is 9.71. The van der Waals surface area contributed by atoms with Gasteiger partial charge in [0, 0.05) is 6.42 Å². The molecule has 0 atom stereocenters. The average molecular weight is 208 g/mol. The first-order valence-electron chi connectivity index (χ1n) is 1.92. The van der Waals surface area contributed by atoms with E-state index in [9.17, 15) is 4.79 Å². The number of rotatable bonds is 1. The lowest BCUT2D eigenvalue weighted by molar-refractivity contribution is 0.567. The molecule has 0 aromatic rings. The van der Waals surface area contributed by atoms with E-state index in [1.165, 1.54) is 5.94 Å². The first-order chi connectivity index (χ1) is 3.95. The van der Waals surface area contributed by atoms with Crippen LogP contribution in [-0.4, -0.2) is 9.73 Å². The molecule has 0 aromatic heterocycles. The van der Waals surface area contributed by atoms with E-state index in [1.54, 1.807) is 0 Å². The van der Waals surface area contributed by atoms with Gasteiger partial charge in [-0.3, -0.25) is 0 Å². The van der Waals surface area contributed by atoms with Crippen molar-refractivity contribution in [1.82, 2.24) is 0 Å². The molecule has 0 spiro atoms. The SMILES string of the molecule is O=C=C(Cl)CC(Cl)(Cl)Cl. The summed E-state index contributed by atoms with van der Waals surface area (Å²) in [6.45, 7) is 0. The molecule has 0 fully saturated rings. The van der Waals surface area contributed by atoms with Crippen molar-refractivity contribution in [1.29, 1.82) is 0 Å². The largest absolute Gasteiger partial charge is 0.232 e. The fourth-order valence-corrected chi connectivity index (χ4v) is 1.02. The van der Waals surface area contributed by atoms with Crippen LogP contribution in [0.2, 0.25) is 0 Å². The first-order valence-corrected chi connectivity index (χ1v) is 3.43. The molecule has 0 bridgehead atoms. The summed E-state index contributed by atoms with van der Waals surface area (Å²) in [7, 11) is 0. The molecule has 1 nitrogen and oxygen atoms in total. The topological polar surface area (TPSA) is 17.1 Å². The maximum atomic E-state index is 9.71. The smallest absolute Gasteiger partial charge is 0.196 e. The van der Waals surface area contributed by atoms with Gasteiger partial charge in [0.15, 0.2) is 3.79 Å². The van der Waals surface area contributed by atoms with Crippen LogP contribution in [0.15, 0.2) is 5.03 Å². The highest BCUT2D eigenvalue weighted by molar-refractivity contribution is 6.68. The Morgan fingerprint density at radius 1 is 1.44 bits per heavy atom. The summed E-state index contributed by atoms with van der Waals surface area (Å²) in [6.07, 6.45) is -0.0945. The van der Waals surface area contributed by atoms with Gasteiger partial charge in [-0.15, -0.1) is 0 Å². The summed E-state index contributed by atoms with van der Waals surface area (Å²) in [5.41, 5.74) is 0. The fraction of sp³-hybridized carbons (Fsp3) is 0.500. The van der Waals surface area contributed by atoms with Crippen LogP contribution in [0.1, 0.15) is 6.42 Å². The number of alkyl halides is 3. The van der Waals surface area contributed by atoms with Crippen molar-refractivity contribution in [3.8, 4) is 0 Å². The number of hydrogen-bond acceptors (Lipinski definition) is 1. The summed E-state index contributed by atoms with van der Waals surface area (Å²) in [6, 6.07) is 0. The second-order valence-electron chi connectivity index (χ2n) is 1.30. The Labute approximate surface area is 72.5 Å². The van der Waals surface area contributed by atoms with Gasteiger partial charge in [-0.2, -0.15) is 0 Å². The van der Waals surface area contributed by atoms with Crippen molar-refractivity contribution < 1.29 is 4.79 Å². The summed E-state index contributed by atoms with van der Waals surface area (Å²) in [4.78, 5) is 9.71. The highest BCUT2D eigenvalue weighted by atomic mass is 35.6. The van der Waals surface area contributed by atoms with Crippen LogP contribution in [0.3, 0.4) is 0 Å². The van der Waals surface area contributed by atoms with Crippen molar-refractivity contribution in [2.45, 2.75) is 10.2 Å². The lowest BCUT2D eigenvalue weighted by Gasteiger charge is -2.05. The van der Waals surface area contributed by atoms with E-state index in [0.717, 1.165) is 0 Å². The zero-order valence-electron chi connectivity index (χ0n) is 4.13. The van der Waals surface area contributed by atoms with Crippen molar-refractivity contribution in [2.75, 3.05) is 0 Å². The minimum atomic E-state index is -1.49. The van der Waals surface area contributed by atoms with Gasteiger partial charge in [0.25, 0.3) is 0 Å². The number of hydrogen-bond donors (Lipinski definition) is 0. The Bertz CT molecular complexity index is 141. The summed E-state index contributed by atoms with van der Waals surface area (Å²) < 4.78 is -1.49. The van der Waals surface area contributed by atoms with E-state index in [2.05, 4.69) is 0 Å². The number of halogens is 4. The predicted octanol–water partition coefficient (Wildman–Crippen LogP) is 2.70. The molecule has 52 valence electrons. The van der Waals surface area contributed by atoms with Gasteiger partial charge >= 0.3 is 0 Å². The Kier molecular flexibility index (Phi) is 3.95. The van der Waals surface area contributed by atoms with Gasteiger partial charge in [0.2, 0.25) is 0 Å². The highest BCUT2D eigenvalue weighted by Crippen LogP contribution is 2.33. The van der Waals surface area contributed by atoms with E-state index < -0.39 is 3.79 Å². The first kappa shape index (κ1) is 9.61. The molecule has 0 unspecified atom stereocenters. The molecule has 0 saturated carbocycles. The van der Waals surface area contributed by atoms with Gasteiger partial charge in [0.1, 0.15) is 11.0 Å². The summed E-state index contributed by atoms with van der Waals surface area (Å²) >= 11 is 21.0. The second kappa shape index (κ2) is 3.70. The van der Waals surface area contributed by atoms with E-state index in [-0.39, 0.29) is 11.5 Å². The summed E-state index contributed by atoms with van der Waals surface area (Å²) in [5.74, 6) is 1.40.